The molecule has 0 spiro atoms. The Labute approximate surface area is 201 Å². The van der Waals surface area contributed by atoms with Gasteiger partial charge < -0.3 is 10.2 Å². The first-order valence-electron chi connectivity index (χ1n) is 10.5. The van der Waals surface area contributed by atoms with Gasteiger partial charge in [-0.1, -0.05) is 47.5 Å². The molecule has 1 aliphatic rings. The molecule has 0 saturated carbocycles. The van der Waals surface area contributed by atoms with Crippen LogP contribution in [0.3, 0.4) is 0 Å². The van der Waals surface area contributed by atoms with Gasteiger partial charge in [0.1, 0.15) is 5.82 Å². The summed E-state index contributed by atoms with van der Waals surface area (Å²) in [5, 5.41) is 3.79. The summed E-state index contributed by atoms with van der Waals surface area (Å²) in [5.41, 5.74) is 2.92. The number of urea groups is 1. The van der Waals surface area contributed by atoms with Crippen molar-refractivity contribution >= 4 is 46.5 Å². The lowest BCUT2D eigenvalue weighted by Crippen LogP contribution is -2.49. The Hall–Kier alpha value is -3.09. The highest BCUT2D eigenvalue weighted by Gasteiger charge is 2.27. The number of nitrogens with one attached hydrogen (secondary N) is 1. The Morgan fingerprint density at radius 2 is 1.70 bits per heavy atom. The summed E-state index contributed by atoms with van der Waals surface area (Å²) in [6.45, 7) is 1.66. The van der Waals surface area contributed by atoms with E-state index in [0.717, 1.165) is 12.0 Å². The first-order chi connectivity index (χ1) is 15.9. The maximum absolute atomic E-state index is 13.2. The summed E-state index contributed by atoms with van der Waals surface area (Å²) >= 11 is 12.1. The summed E-state index contributed by atoms with van der Waals surface area (Å²) in [5.74, 6) is -0.559. The molecule has 8 heteroatoms. The van der Waals surface area contributed by atoms with Gasteiger partial charge in [0.05, 0.1) is 16.5 Å². The molecule has 0 atom stereocenters. The van der Waals surface area contributed by atoms with Gasteiger partial charge in [0, 0.05) is 31.0 Å². The normalized spacial score (nSPS) is 13.8. The average Bonchev–Trinajstić information content (AvgIpc) is 2.79. The van der Waals surface area contributed by atoms with E-state index in [1.54, 1.807) is 52.3 Å². The van der Waals surface area contributed by atoms with Crippen LogP contribution >= 0.6 is 23.2 Å². The summed E-state index contributed by atoms with van der Waals surface area (Å²) in [7, 11) is 0. The minimum Gasteiger partial charge on any atom is -0.326 e. The van der Waals surface area contributed by atoms with E-state index in [-0.39, 0.29) is 24.2 Å². The standard InChI is InChI=1S/C25H22Cl2FN3O2/c26-22-10-7-18(13-23(22)27)16-30-11-2-12-31(25(30)33)21-4-1-3-20(15-21)29-24(32)14-17-5-8-19(28)9-6-17/h1,3-10,13,15H,2,11-12,14,16H2,(H,29,32). The molecule has 4 rings (SSSR count). The molecule has 1 heterocycles. The zero-order valence-corrected chi connectivity index (χ0v) is 19.2. The van der Waals surface area contributed by atoms with Crippen molar-refractivity contribution in [3.8, 4) is 0 Å². The largest absolute Gasteiger partial charge is 0.326 e. The van der Waals surface area contributed by atoms with Gasteiger partial charge in [0.25, 0.3) is 0 Å². The Balaban J connectivity index is 1.43. The molecule has 1 saturated heterocycles. The van der Waals surface area contributed by atoms with Crippen molar-refractivity contribution in [3.63, 3.8) is 0 Å². The smallest absolute Gasteiger partial charge is 0.324 e. The van der Waals surface area contributed by atoms with E-state index in [1.807, 2.05) is 12.1 Å². The first kappa shape index (κ1) is 23.1. The van der Waals surface area contributed by atoms with E-state index in [0.29, 0.717) is 46.6 Å². The van der Waals surface area contributed by atoms with E-state index < -0.39 is 0 Å². The van der Waals surface area contributed by atoms with Gasteiger partial charge in [-0.15, -0.1) is 0 Å². The molecular weight excluding hydrogens is 464 g/mol. The third-order valence-electron chi connectivity index (χ3n) is 5.39. The summed E-state index contributed by atoms with van der Waals surface area (Å²) < 4.78 is 13.1. The molecule has 1 aliphatic heterocycles. The number of hydrogen-bond donors (Lipinski definition) is 1. The lowest BCUT2D eigenvalue weighted by atomic mass is 10.1. The van der Waals surface area contributed by atoms with Crippen molar-refractivity contribution < 1.29 is 14.0 Å². The van der Waals surface area contributed by atoms with Gasteiger partial charge in [-0.05, 0) is 60.0 Å². The van der Waals surface area contributed by atoms with Crippen molar-refractivity contribution in [1.29, 1.82) is 0 Å². The van der Waals surface area contributed by atoms with Gasteiger partial charge in [-0.2, -0.15) is 0 Å². The fraction of sp³-hybridized carbons (Fsp3) is 0.200. The van der Waals surface area contributed by atoms with Crippen molar-refractivity contribution in [2.24, 2.45) is 0 Å². The number of carbonyl (C=O) groups excluding carboxylic acids is 2. The van der Waals surface area contributed by atoms with Crippen LogP contribution in [0.1, 0.15) is 17.5 Å². The second-order valence-electron chi connectivity index (χ2n) is 7.86. The van der Waals surface area contributed by atoms with Gasteiger partial charge in [-0.3, -0.25) is 9.69 Å². The highest BCUT2D eigenvalue weighted by atomic mass is 35.5. The van der Waals surface area contributed by atoms with E-state index in [2.05, 4.69) is 5.32 Å². The van der Waals surface area contributed by atoms with Crippen molar-refractivity contribution in [1.82, 2.24) is 4.90 Å². The molecule has 0 unspecified atom stereocenters. The molecular formula is C25H22Cl2FN3O2. The average molecular weight is 486 g/mol. The van der Waals surface area contributed by atoms with Gasteiger partial charge in [0.2, 0.25) is 5.91 Å². The number of rotatable bonds is 6. The predicted molar refractivity (Wildman–Crippen MR) is 129 cm³/mol. The summed E-state index contributed by atoms with van der Waals surface area (Å²) in [4.78, 5) is 29.0. The number of amides is 3. The van der Waals surface area contributed by atoms with Crippen LogP contribution in [0, 0.1) is 5.82 Å². The highest BCUT2D eigenvalue weighted by Crippen LogP contribution is 2.27. The maximum atomic E-state index is 13.2. The number of anilines is 2. The molecule has 3 aromatic rings. The first-order valence-corrected chi connectivity index (χ1v) is 11.3. The Kier molecular flexibility index (Phi) is 7.16. The number of hydrogen-bond acceptors (Lipinski definition) is 2. The van der Waals surface area contributed by atoms with Gasteiger partial charge in [0.15, 0.2) is 0 Å². The lowest BCUT2D eigenvalue weighted by Gasteiger charge is -2.36. The minimum atomic E-state index is -0.341. The number of nitrogens with zero attached hydrogens (tertiary/aromatic N) is 2. The Morgan fingerprint density at radius 1 is 0.939 bits per heavy atom. The molecule has 1 fully saturated rings. The molecule has 3 amide bonds. The van der Waals surface area contributed by atoms with Gasteiger partial charge in [-0.25, -0.2) is 9.18 Å². The number of halogens is 3. The van der Waals surface area contributed by atoms with E-state index in [4.69, 9.17) is 23.2 Å². The summed E-state index contributed by atoms with van der Waals surface area (Å²) in [6, 6.07) is 18.3. The fourth-order valence-corrected chi connectivity index (χ4v) is 4.09. The van der Waals surface area contributed by atoms with E-state index >= 15 is 0 Å². The second kappa shape index (κ2) is 10.2. The predicted octanol–water partition coefficient (Wildman–Crippen LogP) is 6.15. The number of benzene rings is 3. The second-order valence-corrected chi connectivity index (χ2v) is 8.67. The minimum absolute atomic E-state index is 0.109. The van der Waals surface area contributed by atoms with Crippen LogP contribution < -0.4 is 10.2 Å². The molecule has 0 bridgehead atoms. The van der Waals surface area contributed by atoms with Crippen LogP contribution in [0.2, 0.25) is 10.0 Å². The zero-order chi connectivity index (χ0) is 23.4. The van der Waals surface area contributed by atoms with Crippen LogP contribution in [-0.2, 0) is 17.8 Å². The molecule has 170 valence electrons. The fourth-order valence-electron chi connectivity index (χ4n) is 3.77. The molecule has 0 aliphatic carbocycles. The third kappa shape index (κ3) is 5.83. The Bertz CT molecular complexity index is 1170. The Morgan fingerprint density at radius 3 is 2.45 bits per heavy atom. The molecule has 33 heavy (non-hydrogen) atoms. The van der Waals surface area contributed by atoms with Crippen LogP contribution in [0.5, 0.6) is 0 Å². The summed E-state index contributed by atoms with van der Waals surface area (Å²) in [6.07, 6.45) is 0.943. The van der Waals surface area contributed by atoms with Gasteiger partial charge >= 0.3 is 6.03 Å². The molecule has 1 N–H and O–H groups in total. The number of carbonyl (C=O) groups is 2. The monoisotopic (exact) mass is 485 g/mol. The lowest BCUT2D eigenvalue weighted by molar-refractivity contribution is -0.115. The van der Waals surface area contributed by atoms with Crippen LogP contribution in [0.4, 0.5) is 20.6 Å². The molecule has 5 nitrogen and oxygen atoms in total. The van der Waals surface area contributed by atoms with E-state index in [9.17, 15) is 14.0 Å². The van der Waals surface area contributed by atoms with E-state index in [1.165, 1.54) is 12.1 Å². The zero-order valence-electron chi connectivity index (χ0n) is 17.7. The molecule has 3 aromatic carbocycles. The molecule has 0 aromatic heterocycles. The maximum Gasteiger partial charge on any atom is 0.324 e. The van der Waals surface area contributed by atoms with Crippen molar-refractivity contribution in [2.45, 2.75) is 19.4 Å². The van der Waals surface area contributed by atoms with Crippen LogP contribution in [-0.4, -0.2) is 29.9 Å². The SMILES string of the molecule is O=C(Cc1ccc(F)cc1)Nc1cccc(N2CCCN(Cc3ccc(Cl)c(Cl)c3)C2=O)c1. The van der Waals surface area contributed by atoms with Crippen LogP contribution in [0.15, 0.2) is 66.7 Å². The topological polar surface area (TPSA) is 52.7 Å². The highest BCUT2D eigenvalue weighted by molar-refractivity contribution is 6.42. The van der Waals surface area contributed by atoms with Crippen molar-refractivity contribution in [2.75, 3.05) is 23.3 Å². The third-order valence-corrected chi connectivity index (χ3v) is 6.13. The van der Waals surface area contributed by atoms with Crippen molar-refractivity contribution in [3.05, 3.63) is 93.7 Å². The molecule has 0 radical (unpaired) electrons. The van der Waals surface area contributed by atoms with Crippen LogP contribution in [0.25, 0.3) is 0 Å². The quantitative estimate of drug-likeness (QED) is 0.455.